The molecule has 0 aliphatic carbocycles. The van der Waals surface area contributed by atoms with Crippen LogP contribution in [0.15, 0.2) is 35.4 Å². The summed E-state index contributed by atoms with van der Waals surface area (Å²) >= 11 is 1.40. The summed E-state index contributed by atoms with van der Waals surface area (Å²) in [6.07, 6.45) is 1.80. The lowest BCUT2D eigenvalue weighted by Gasteiger charge is -2.15. The average molecular weight is 360 g/mol. The highest BCUT2D eigenvalue weighted by Crippen LogP contribution is 2.35. The highest BCUT2D eigenvalue weighted by molar-refractivity contribution is 7.19. The van der Waals surface area contributed by atoms with Gasteiger partial charge in [-0.2, -0.15) is 0 Å². The highest BCUT2D eigenvalue weighted by atomic mass is 32.1. The second-order valence-corrected chi connectivity index (χ2v) is 6.83. The van der Waals surface area contributed by atoms with Crippen LogP contribution in [0.1, 0.15) is 24.3 Å². The first-order valence-corrected chi connectivity index (χ1v) is 8.63. The zero-order valence-electron chi connectivity index (χ0n) is 14.1. The Kier molecular flexibility index (Phi) is 4.67. The number of methoxy groups -OCH3 is 1. The number of aromatic nitrogens is 2. The van der Waals surface area contributed by atoms with E-state index in [1.807, 2.05) is 6.92 Å². The lowest BCUT2D eigenvalue weighted by molar-refractivity contribution is -0.144. The maximum Gasteiger partial charge on any atom is 0.329 e. The van der Waals surface area contributed by atoms with Gasteiger partial charge in [0.05, 0.1) is 18.8 Å². The first-order valence-electron chi connectivity index (χ1n) is 7.82. The molecule has 7 heteroatoms. The number of rotatable bonds is 4. The number of aryl methyl sites for hydroxylation is 1. The van der Waals surface area contributed by atoms with Crippen LogP contribution in [0.4, 0.5) is 4.39 Å². The first-order chi connectivity index (χ1) is 12.0. The lowest BCUT2D eigenvalue weighted by Crippen LogP contribution is -2.30. The Morgan fingerprint density at radius 2 is 2.04 bits per heavy atom. The molecule has 0 amide bonds. The van der Waals surface area contributed by atoms with E-state index < -0.39 is 12.0 Å². The zero-order valence-corrected chi connectivity index (χ0v) is 14.9. The highest BCUT2D eigenvalue weighted by Gasteiger charge is 2.24. The van der Waals surface area contributed by atoms with E-state index in [0.29, 0.717) is 16.6 Å². The van der Waals surface area contributed by atoms with E-state index in [1.165, 1.54) is 41.5 Å². The van der Waals surface area contributed by atoms with Gasteiger partial charge in [-0.05, 0) is 31.0 Å². The first kappa shape index (κ1) is 17.3. The van der Waals surface area contributed by atoms with Gasteiger partial charge in [0.1, 0.15) is 16.7 Å². The van der Waals surface area contributed by atoms with Gasteiger partial charge in [0.25, 0.3) is 5.56 Å². The molecule has 1 atom stereocenters. The number of halogens is 1. The fourth-order valence-corrected chi connectivity index (χ4v) is 3.92. The van der Waals surface area contributed by atoms with Gasteiger partial charge < -0.3 is 4.74 Å². The van der Waals surface area contributed by atoms with Crippen molar-refractivity contribution in [2.45, 2.75) is 26.3 Å². The van der Waals surface area contributed by atoms with Crippen molar-refractivity contribution in [1.82, 2.24) is 9.55 Å². The minimum Gasteiger partial charge on any atom is -0.467 e. The number of nitrogens with zero attached hydrogens (tertiary/aromatic N) is 2. The zero-order chi connectivity index (χ0) is 18.1. The summed E-state index contributed by atoms with van der Waals surface area (Å²) in [6.45, 7) is 3.70. The minimum atomic E-state index is -0.726. The standard InChI is InChI=1S/C18H17FN2O3S/c1-4-13(18(23)24-3)21-9-20-16-15(17(21)22)14(10(2)25-16)11-5-7-12(19)8-6-11/h5-9,13H,4H2,1-3H3. The summed E-state index contributed by atoms with van der Waals surface area (Å²) in [5.41, 5.74) is 1.17. The van der Waals surface area contributed by atoms with Crippen LogP contribution in [0.5, 0.6) is 0 Å². The predicted octanol–water partition coefficient (Wildman–Crippen LogP) is 3.70. The van der Waals surface area contributed by atoms with Crippen LogP contribution in [0, 0.1) is 12.7 Å². The number of fused-ring (bicyclic) bond motifs is 1. The number of esters is 1. The molecule has 1 unspecified atom stereocenters. The SMILES string of the molecule is CCC(C(=O)OC)n1cnc2sc(C)c(-c3ccc(F)cc3)c2c1=O. The Balaban J connectivity index is 2.28. The van der Waals surface area contributed by atoms with E-state index in [0.717, 1.165) is 16.0 Å². The maximum absolute atomic E-state index is 13.2. The van der Waals surface area contributed by atoms with E-state index in [1.54, 1.807) is 19.1 Å². The van der Waals surface area contributed by atoms with Crippen LogP contribution in [0.3, 0.4) is 0 Å². The fraction of sp³-hybridized carbons (Fsp3) is 0.278. The van der Waals surface area contributed by atoms with Crippen molar-refractivity contribution in [3.05, 3.63) is 51.6 Å². The van der Waals surface area contributed by atoms with Gasteiger partial charge in [-0.3, -0.25) is 9.36 Å². The normalized spacial score (nSPS) is 12.3. The van der Waals surface area contributed by atoms with Gasteiger partial charge in [0, 0.05) is 10.4 Å². The summed E-state index contributed by atoms with van der Waals surface area (Å²) in [4.78, 5) is 30.9. The van der Waals surface area contributed by atoms with E-state index in [2.05, 4.69) is 4.98 Å². The molecule has 0 spiro atoms. The Morgan fingerprint density at radius 1 is 1.36 bits per heavy atom. The van der Waals surface area contributed by atoms with Gasteiger partial charge >= 0.3 is 5.97 Å². The third-order valence-corrected chi connectivity index (χ3v) is 5.16. The topological polar surface area (TPSA) is 61.2 Å². The number of hydrogen-bond acceptors (Lipinski definition) is 5. The largest absolute Gasteiger partial charge is 0.467 e. The number of thiophene rings is 1. The van der Waals surface area contributed by atoms with Gasteiger partial charge in [0.2, 0.25) is 0 Å². The molecule has 0 radical (unpaired) electrons. The molecule has 0 bridgehead atoms. The molecule has 2 aromatic heterocycles. The molecule has 0 saturated carbocycles. The molecule has 0 fully saturated rings. The van der Waals surface area contributed by atoms with Crippen LogP contribution < -0.4 is 5.56 Å². The van der Waals surface area contributed by atoms with Crippen molar-refractivity contribution in [2.24, 2.45) is 0 Å². The third kappa shape index (κ3) is 2.95. The second-order valence-electron chi connectivity index (χ2n) is 5.62. The maximum atomic E-state index is 13.2. The molecule has 25 heavy (non-hydrogen) atoms. The summed E-state index contributed by atoms with van der Waals surface area (Å²) in [6, 6.07) is 5.26. The smallest absolute Gasteiger partial charge is 0.329 e. The number of benzene rings is 1. The van der Waals surface area contributed by atoms with Crippen molar-refractivity contribution in [1.29, 1.82) is 0 Å². The molecule has 3 rings (SSSR count). The Labute approximate surface area is 147 Å². The van der Waals surface area contributed by atoms with Gasteiger partial charge in [-0.1, -0.05) is 19.1 Å². The lowest BCUT2D eigenvalue weighted by atomic mass is 10.0. The quantitative estimate of drug-likeness (QED) is 0.666. The van der Waals surface area contributed by atoms with Crippen LogP contribution in [0.2, 0.25) is 0 Å². The van der Waals surface area contributed by atoms with Gasteiger partial charge in [-0.25, -0.2) is 14.2 Å². The van der Waals surface area contributed by atoms with Crippen LogP contribution >= 0.6 is 11.3 Å². The molecule has 1 aromatic carbocycles. The van der Waals surface area contributed by atoms with Crippen molar-refractivity contribution in [3.63, 3.8) is 0 Å². The third-order valence-electron chi connectivity index (χ3n) is 4.14. The van der Waals surface area contributed by atoms with Crippen LogP contribution in [-0.4, -0.2) is 22.6 Å². The van der Waals surface area contributed by atoms with Gasteiger partial charge in [-0.15, -0.1) is 11.3 Å². The molecule has 5 nitrogen and oxygen atoms in total. The van der Waals surface area contributed by atoms with E-state index >= 15 is 0 Å². The fourth-order valence-electron chi connectivity index (χ4n) is 2.91. The molecule has 130 valence electrons. The summed E-state index contributed by atoms with van der Waals surface area (Å²) in [5, 5.41) is 0.443. The van der Waals surface area contributed by atoms with E-state index in [4.69, 9.17) is 4.74 Å². The molecule has 2 heterocycles. The van der Waals surface area contributed by atoms with E-state index in [-0.39, 0.29) is 11.4 Å². The van der Waals surface area contributed by atoms with Gasteiger partial charge in [0.15, 0.2) is 0 Å². The molecular weight excluding hydrogens is 343 g/mol. The molecule has 0 aliphatic heterocycles. The van der Waals surface area contributed by atoms with Crippen molar-refractivity contribution in [2.75, 3.05) is 7.11 Å². The second kappa shape index (κ2) is 6.76. The molecular formula is C18H17FN2O3S. The monoisotopic (exact) mass is 360 g/mol. The minimum absolute atomic E-state index is 0.300. The Bertz CT molecular complexity index is 992. The van der Waals surface area contributed by atoms with Crippen LogP contribution in [0.25, 0.3) is 21.3 Å². The number of hydrogen-bond donors (Lipinski definition) is 0. The van der Waals surface area contributed by atoms with E-state index in [9.17, 15) is 14.0 Å². The Hall–Kier alpha value is -2.54. The predicted molar refractivity (Wildman–Crippen MR) is 95.4 cm³/mol. The van der Waals surface area contributed by atoms with Crippen molar-refractivity contribution >= 4 is 27.5 Å². The number of ether oxygens (including phenoxy) is 1. The molecule has 3 aromatic rings. The summed E-state index contributed by atoms with van der Waals surface area (Å²) in [5.74, 6) is -0.825. The number of carbonyl (C=O) groups is 1. The average Bonchev–Trinajstić information content (AvgIpc) is 2.95. The van der Waals surface area contributed by atoms with Crippen molar-refractivity contribution in [3.8, 4) is 11.1 Å². The molecule has 0 aliphatic rings. The summed E-state index contributed by atoms with van der Waals surface area (Å²) in [7, 11) is 1.29. The molecule has 0 saturated heterocycles. The molecule has 0 N–H and O–H groups in total. The Morgan fingerprint density at radius 3 is 2.64 bits per heavy atom. The van der Waals surface area contributed by atoms with Crippen LogP contribution in [-0.2, 0) is 9.53 Å². The van der Waals surface area contributed by atoms with Crippen molar-refractivity contribution < 1.29 is 13.9 Å². The number of carbonyl (C=O) groups excluding carboxylic acids is 1. The summed E-state index contributed by atoms with van der Waals surface area (Å²) < 4.78 is 19.3.